The maximum absolute atomic E-state index is 11.6. The average molecular weight is 360 g/mol. The van der Waals surface area contributed by atoms with Crippen LogP contribution >= 0.6 is 0 Å². The number of likely N-dealkylation sites (N-methyl/N-ethyl adjacent to an activating group) is 1. The molecule has 142 valence electrons. The summed E-state index contributed by atoms with van der Waals surface area (Å²) in [4.78, 5) is 13.6. The molecule has 26 heavy (non-hydrogen) atoms. The minimum atomic E-state index is -0.521. The topological polar surface area (TPSA) is 121 Å². The number of carbonyl (C=O) groups is 1. The van der Waals surface area contributed by atoms with Gasteiger partial charge >= 0.3 is 6.09 Å². The van der Waals surface area contributed by atoms with Crippen molar-refractivity contribution in [2.24, 2.45) is 11.6 Å². The first-order valence-corrected chi connectivity index (χ1v) is 8.27. The van der Waals surface area contributed by atoms with E-state index in [1.807, 2.05) is 32.7 Å². The first-order chi connectivity index (χ1) is 12.2. The highest BCUT2D eigenvalue weighted by Gasteiger charge is 2.16. The minimum absolute atomic E-state index is 0.435. The number of rotatable bonds is 7. The molecule has 5 N–H and O–H groups in total. The zero-order valence-corrected chi connectivity index (χ0v) is 15.8. The van der Waals surface area contributed by atoms with Crippen LogP contribution in [0.4, 0.5) is 10.5 Å². The summed E-state index contributed by atoms with van der Waals surface area (Å²) in [5.74, 6) is 6.12. The number of amides is 1. The molecule has 0 unspecified atom stereocenters. The molecule has 0 aliphatic heterocycles. The van der Waals surface area contributed by atoms with Crippen molar-refractivity contribution >= 4 is 11.8 Å². The Morgan fingerprint density at radius 3 is 2.46 bits per heavy atom. The Kier molecular flexibility index (Phi) is 7.90. The number of hydrogen-bond acceptors (Lipinski definition) is 7. The summed E-state index contributed by atoms with van der Waals surface area (Å²) in [6.45, 7) is 6.97. The number of nitrogens with zero attached hydrogens (tertiary/aromatic N) is 3. The number of alkyl carbamates (subject to hydrolysis) is 1. The van der Waals surface area contributed by atoms with E-state index in [1.165, 1.54) is 11.2 Å². The predicted octanol–water partition coefficient (Wildman–Crippen LogP) is 1.49. The SMILES string of the molecule is CN(CCNC(=O)OC(C)(C)C)C/C(=C/N)N(N)c1ccc(C#N)cc1. The second-order valence-corrected chi connectivity index (χ2v) is 6.85. The number of benzene rings is 1. The minimum Gasteiger partial charge on any atom is -0.444 e. The van der Waals surface area contributed by atoms with E-state index in [1.54, 1.807) is 24.3 Å². The van der Waals surface area contributed by atoms with Crippen molar-refractivity contribution in [2.45, 2.75) is 26.4 Å². The predicted molar refractivity (Wildman–Crippen MR) is 102 cm³/mol. The quantitative estimate of drug-likeness (QED) is 0.497. The van der Waals surface area contributed by atoms with E-state index in [9.17, 15) is 4.79 Å². The molecule has 1 amide bonds. The van der Waals surface area contributed by atoms with E-state index in [4.69, 9.17) is 21.6 Å². The lowest BCUT2D eigenvalue weighted by Gasteiger charge is -2.26. The van der Waals surface area contributed by atoms with Crippen LogP contribution in [0.15, 0.2) is 36.2 Å². The molecule has 0 aliphatic rings. The fraction of sp³-hybridized carbons (Fsp3) is 0.444. The number of nitrogens with two attached hydrogens (primary N) is 2. The lowest BCUT2D eigenvalue weighted by Crippen LogP contribution is -2.40. The molecule has 1 aromatic rings. The van der Waals surface area contributed by atoms with E-state index in [-0.39, 0.29) is 0 Å². The molecule has 8 heteroatoms. The van der Waals surface area contributed by atoms with Crippen LogP contribution in [-0.2, 0) is 4.74 Å². The Hall–Kier alpha value is -2.76. The molecule has 0 aliphatic carbocycles. The van der Waals surface area contributed by atoms with E-state index < -0.39 is 11.7 Å². The first kappa shape index (κ1) is 21.3. The van der Waals surface area contributed by atoms with Crippen molar-refractivity contribution in [1.82, 2.24) is 10.2 Å². The molecule has 1 rings (SSSR count). The van der Waals surface area contributed by atoms with Gasteiger partial charge in [-0.25, -0.2) is 10.6 Å². The molecular weight excluding hydrogens is 332 g/mol. The molecule has 0 spiro atoms. The molecule has 0 heterocycles. The second kappa shape index (κ2) is 9.65. The molecule has 8 nitrogen and oxygen atoms in total. The van der Waals surface area contributed by atoms with Crippen molar-refractivity contribution in [3.8, 4) is 6.07 Å². The maximum Gasteiger partial charge on any atom is 0.407 e. The number of nitrogens with one attached hydrogen (secondary N) is 1. The van der Waals surface area contributed by atoms with Crippen molar-refractivity contribution in [3.63, 3.8) is 0 Å². The van der Waals surface area contributed by atoms with Gasteiger partial charge in [-0.2, -0.15) is 5.26 Å². The van der Waals surface area contributed by atoms with Crippen LogP contribution in [0.3, 0.4) is 0 Å². The third-order valence-electron chi connectivity index (χ3n) is 3.37. The van der Waals surface area contributed by atoms with E-state index in [0.29, 0.717) is 30.9 Å². The molecule has 0 radical (unpaired) electrons. The van der Waals surface area contributed by atoms with Gasteiger partial charge in [0.2, 0.25) is 0 Å². The van der Waals surface area contributed by atoms with Crippen molar-refractivity contribution in [1.29, 1.82) is 5.26 Å². The fourth-order valence-corrected chi connectivity index (χ4v) is 2.09. The van der Waals surface area contributed by atoms with Crippen LogP contribution in [0.25, 0.3) is 0 Å². The third kappa shape index (κ3) is 7.42. The van der Waals surface area contributed by atoms with Gasteiger partial charge in [0.25, 0.3) is 0 Å². The van der Waals surface area contributed by atoms with Crippen LogP contribution in [0.1, 0.15) is 26.3 Å². The summed E-state index contributed by atoms with van der Waals surface area (Å²) < 4.78 is 5.19. The number of nitriles is 1. The van der Waals surface area contributed by atoms with Gasteiger partial charge < -0.3 is 15.8 Å². The van der Waals surface area contributed by atoms with Gasteiger partial charge in [-0.1, -0.05) is 0 Å². The molecule has 0 bridgehead atoms. The highest BCUT2D eigenvalue weighted by molar-refractivity contribution is 5.67. The second-order valence-electron chi connectivity index (χ2n) is 6.85. The molecule has 0 saturated heterocycles. The van der Waals surface area contributed by atoms with Crippen molar-refractivity contribution in [2.75, 3.05) is 31.7 Å². The summed E-state index contributed by atoms with van der Waals surface area (Å²) in [7, 11) is 1.90. The van der Waals surface area contributed by atoms with Gasteiger partial charge in [-0.15, -0.1) is 0 Å². The lowest BCUT2D eigenvalue weighted by atomic mass is 10.2. The first-order valence-electron chi connectivity index (χ1n) is 8.27. The van der Waals surface area contributed by atoms with E-state index in [0.717, 1.165) is 5.69 Å². The number of hydrogen-bond donors (Lipinski definition) is 3. The molecule has 1 aromatic carbocycles. The van der Waals surface area contributed by atoms with Gasteiger partial charge in [0.15, 0.2) is 0 Å². The summed E-state index contributed by atoms with van der Waals surface area (Å²) in [5.41, 5.74) is 7.16. The zero-order chi connectivity index (χ0) is 19.7. The van der Waals surface area contributed by atoms with Crippen molar-refractivity contribution < 1.29 is 9.53 Å². The Bertz CT molecular complexity index is 658. The summed E-state index contributed by atoms with van der Waals surface area (Å²) in [5, 5.41) is 13.0. The normalized spacial score (nSPS) is 11.8. The van der Waals surface area contributed by atoms with Crippen LogP contribution in [0.2, 0.25) is 0 Å². The molecule has 0 saturated carbocycles. The van der Waals surface area contributed by atoms with Gasteiger partial charge in [-0.3, -0.25) is 9.91 Å². The highest BCUT2D eigenvalue weighted by atomic mass is 16.6. The maximum atomic E-state index is 11.6. The fourth-order valence-electron chi connectivity index (χ4n) is 2.09. The Morgan fingerprint density at radius 1 is 1.35 bits per heavy atom. The van der Waals surface area contributed by atoms with Crippen LogP contribution in [-0.4, -0.2) is 43.3 Å². The molecule has 0 aromatic heterocycles. The summed E-state index contributed by atoms with van der Waals surface area (Å²) >= 11 is 0. The largest absolute Gasteiger partial charge is 0.444 e. The summed E-state index contributed by atoms with van der Waals surface area (Å²) in [6.07, 6.45) is 0.995. The Labute approximate surface area is 155 Å². The lowest BCUT2D eigenvalue weighted by molar-refractivity contribution is 0.0524. The van der Waals surface area contributed by atoms with Gasteiger partial charge in [0.05, 0.1) is 23.0 Å². The van der Waals surface area contributed by atoms with Gasteiger partial charge in [0, 0.05) is 25.8 Å². The third-order valence-corrected chi connectivity index (χ3v) is 3.37. The van der Waals surface area contributed by atoms with Crippen molar-refractivity contribution in [3.05, 3.63) is 41.7 Å². The van der Waals surface area contributed by atoms with Crippen LogP contribution in [0.5, 0.6) is 0 Å². The zero-order valence-electron chi connectivity index (χ0n) is 15.8. The Morgan fingerprint density at radius 2 is 1.96 bits per heavy atom. The monoisotopic (exact) mass is 360 g/mol. The molecule has 0 fully saturated rings. The van der Waals surface area contributed by atoms with Gasteiger partial charge in [-0.05, 0) is 52.1 Å². The summed E-state index contributed by atoms with van der Waals surface area (Å²) in [6, 6.07) is 8.96. The van der Waals surface area contributed by atoms with E-state index >= 15 is 0 Å². The average Bonchev–Trinajstić information content (AvgIpc) is 2.57. The number of anilines is 1. The van der Waals surface area contributed by atoms with Gasteiger partial charge in [0.1, 0.15) is 5.60 Å². The van der Waals surface area contributed by atoms with E-state index in [2.05, 4.69) is 11.4 Å². The van der Waals surface area contributed by atoms with Crippen LogP contribution in [0, 0.1) is 11.3 Å². The number of hydrazine groups is 1. The standard InChI is InChI=1S/C18H28N6O2/c1-18(2,3)26-17(25)22-9-10-23(4)13-16(12-20)24(21)15-7-5-14(11-19)6-8-15/h5-8,12H,9-10,13,20-21H2,1-4H3,(H,22,25)/b16-12-. The molecular formula is C18H28N6O2. The Balaban J connectivity index is 2.51. The highest BCUT2D eigenvalue weighted by Crippen LogP contribution is 2.16. The number of ether oxygens (including phenoxy) is 1. The smallest absolute Gasteiger partial charge is 0.407 e. The number of carbonyl (C=O) groups excluding carboxylic acids is 1. The van der Waals surface area contributed by atoms with Crippen LogP contribution < -0.4 is 21.9 Å². The molecule has 0 atom stereocenters.